The average molecular weight is 295 g/mol. The molecule has 118 valence electrons. The summed E-state index contributed by atoms with van der Waals surface area (Å²) >= 11 is 0. The standard InChI is InChI=1S/C15H25N3O3/c1-7-9-12(11(16)8-2)18-13(19)10(3)17-14(20)21-15(4,5)6/h7-10H,1,16H2,2-6H3,(H,17,20)(H,18,19)/b11-8+,12-9+. The van der Waals surface area contributed by atoms with Gasteiger partial charge < -0.3 is 21.1 Å². The first-order chi connectivity index (χ1) is 9.60. The summed E-state index contributed by atoms with van der Waals surface area (Å²) in [6.07, 6.45) is 4.09. The molecule has 0 aliphatic heterocycles. The Bertz CT molecular complexity index is 459. The van der Waals surface area contributed by atoms with Gasteiger partial charge in [-0.2, -0.15) is 0 Å². The summed E-state index contributed by atoms with van der Waals surface area (Å²) in [4.78, 5) is 23.6. The van der Waals surface area contributed by atoms with Gasteiger partial charge in [0.15, 0.2) is 0 Å². The lowest BCUT2D eigenvalue weighted by Gasteiger charge is -2.22. The first-order valence-corrected chi connectivity index (χ1v) is 6.66. The van der Waals surface area contributed by atoms with Gasteiger partial charge in [-0.05, 0) is 40.7 Å². The minimum Gasteiger partial charge on any atom is -0.444 e. The van der Waals surface area contributed by atoms with Crippen LogP contribution < -0.4 is 16.4 Å². The Balaban J connectivity index is 4.68. The van der Waals surface area contributed by atoms with E-state index in [4.69, 9.17) is 10.5 Å². The number of nitrogens with two attached hydrogens (primary N) is 1. The van der Waals surface area contributed by atoms with Crippen LogP contribution in [-0.4, -0.2) is 23.6 Å². The van der Waals surface area contributed by atoms with Crippen molar-refractivity contribution in [3.05, 3.63) is 36.2 Å². The molecule has 1 atom stereocenters. The molecule has 0 bridgehead atoms. The summed E-state index contributed by atoms with van der Waals surface area (Å²) in [5.41, 5.74) is 5.97. The van der Waals surface area contributed by atoms with E-state index in [0.717, 1.165) is 0 Å². The van der Waals surface area contributed by atoms with E-state index in [1.54, 1.807) is 46.8 Å². The van der Waals surface area contributed by atoms with E-state index in [1.807, 2.05) is 0 Å². The molecular weight excluding hydrogens is 270 g/mol. The van der Waals surface area contributed by atoms with Crippen LogP contribution in [0.1, 0.15) is 34.6 Å². The highest BCUT2D eigenvalue weighted by Crippen LogP contribution is 2.07. The molecule has 0 aliphatic rings. The molecule has 21 heavy (non-hydrogen) atoms. The molecule has 2 amide bonds. The Morgan fingerprint density at radius 3 is 2.33 bits per heavy atom. The topological polar surface area (TPSA) is 93.5 Å². The maximum absolute atomic E-state index is 12.0. The molecule has 6 nitrogen and oxygen atoms in total. The molecule has 0 saturated carbocycles. The third kappa shape index (κ3) is 7.81. The van der Waals surface area contributed by atoms with Crippen molar-refractivity contribution in [1.29, 1.82) is 0 Å². The number of allylic oxidation sites excluding steroid dienone is 3. The summed E-state index contributed by atoms with van der Waals surface area (Å²) < 4.78 is 5.08. The second kappa shape index (κ2) is 8.14. The van der Waals surface area contributed by atoms with Gasteiger partial charge in [-0.1, -0.05) is 18.7 Å². The second-order valence-corrected chi connectivity index (χ2v) is 5.42. The average Bonchev–Trinajstić information content (AvgIpc) is 2.34. The Hall–Kier alpha value is -2.24. The van der Waals surface area contributed by atoms with Crippen LogP contribution in [0.25, 0.3) is 0 Å². The molecule has 0 spiro atoms. The van der Waals surface area contributed by atoms with Crippen molar-refractivity contribution < 1.29 is 14.3 Å². The van der Waals surface area contributed by atoms with E-state index in [2.05, 4.69) is 17.2 Å². The molecule has 6 heteroatoms. The molecule has 0 aromatic rings. The molecule has 1 unspecified atom stereocenters. The zero-order valence-electron chi connectivity index (χ0n) is 13.3. The Labute approximate surface area is 126 Å². The SMILES string of the molecule is C=C/C=C(NC(=O)C(C)NC(=O)OC(C)(C)C)\C(N)=C/C. The van der Waals surface area contributed by atoms with Crippen molar-refractivity contribution in [1.82, 2.24) is 10.6 Å². The number of carbonyl (C=O) groups excluding carboxylic acids is 2. The van der Waals surface area contributed by atoms with E-state index in [9.17, 15) is 9.59 Å². The van der Waals surface area contributed by atoms with Gasteiger partial charge in [-0.3, -0.25) is 4.79 Å². The highest BCUT2D eigenvalue weighted by molar-refractivity contribution is 5.87. The van der Waals surface area contributed by atoms with Gasteiger partial charge in [0.1, 0.15) is 11.6 Å². The van der Waals surface area contributed by atoms with Gasteiger partial charge in [0.2, 0.25) is 5.91 Å². The number of hydrogen-bond donors (Lipinski definition) is 3. The number of carbonyl (C=O) groups is 2. The van der Waals surface area contributed by atoms with Gasteiger partial charge in [0.25, 0.3) is 0 Å². The van der Waals surface area contributed by atoms with Gasteiger partial charge in [0, 0.05) is 0 Å². The fourth-order valence-electron chi connectivity index (χ4n) is 1.27. The third-order valence-corrected chi connectivity index (χ3v) is 2.29. The minimum atomic E-state index is -0.766. The smallest absolute Gasteiger partial charge is 0.408 e. The number of hydrogen-bond acceptors (Lipinski definition) is 4. The first kappa shape index (κ1) is 18.8. The van der Waals surface area contributed by atoms with Crippen molar-refractivity contribution in [2.24, 2.45) is 5.73 Å². The van der Waals surface area contributed by atoms with E-state index in [-0.39, 0.29) is 0 Å². The molecule has 0 aromatic carbocycles. The van der Waals surface area contributed by atoms with Crippen molar-refractivity contribution in [3.63, 3.8) is 0 Å². The van der Waals surface area contributed by atoms with Crippen LogP contribution in [0.15, 0.2) is 36.2 Å². The van der Waals surface area contributed by atoms with Crippen LogP contribution >= 0.6 is 0 Å². The third-order valence-electron chi connectivity index (χ3n) is 2.29. The Morgan fingerprint density at radius 2 is 1.90 bits per heavy atom. The molecule has 0 rings (SSSR count). The van der Waals surface area contributed by atoms with Crippen molar-refractivity contribution in [2.75, 3.05) is 0 Å². The normalized spacial score (nSPS) is 14.1. The van der Waals surface area contributed by atoms with Gasteiger partial charge in [0.05, 0.1) is 11.4 Å². The highest BCUT2D eigenvalue weighted by atomic mass is 16.6. The molecule has 0 heterocycles. The van der Waals surface area contributed by atoms with E-state index >= 15 is 0 Å². The predicted molar refractivity (Wildman–Crippen MR) is 83.2 cm³/mol. The van der Waals surface area contributed by atoms with Crippen molar-refractivity contribution in [2.45, 2.75) is 46.3 Å². The number of amides is 2. The van der Waals surface area contributed by atoms with E-state index in [1.165, 1.54) is 6.08 Å². The fraction of sp³-hybridized carbons (Fsp3) is 0.467. The molecule has 0 aromatic heterocycles. The zero-order chi connectivity index (χ0) is 16.6. The van der Waals surface area contributed by atoms with Crippen LogP contribution in [-0.2, 0) is 9.53 Å². The summed E-state index contributed by atoms with van der Waals surface area (Å²) in [6.45, 7) is 12.1. The van der Waals surface area contributed by atoms with E-state index in [0.29, 0.717) is 11.4 Å². The quantitative estimate of drug-likeness (QED) is 0.676. The zero-order valence-corrected chi connectivity index (χ0v) is 13.3. The van der Waals surface area contributed by atoms with Crippen LogP contribution in [0.2, 0.25) is 0 Å². The molecule has 4 N–H and O–H groups in total. The number of rotatable bonds is 5. The summed E-state index contributed by atoms with van der Waals surface area (Å²) in [7, 11) is 0. The maximum Gasteiger partial charge on any atom is 0.408 e. The number of alkyl carbamates (subject to hydrolysis) is 1. The fourth-order valence-corrected chi connectivity index (χ4v) is 1.27. The highest BCUT2D eigenvalue weighted by Gasteiger charge is 2.21. The molecule has 0 fully saturated rings. The van der Waals surface area contributed by atoms with Crippen molar-refractivity contribution >= 4 is 12.0 Å². The molecule has 0 saturated heterocycles. The predicted octanol–water partition coefficient (Wildman–Crippen LogP) is 1.95. The second-order valence-electron chi connectivity index (χ2n) is 5.42. The number of nitrogens with one attached hydrogen (secondary N) is 2. The number of ether oxygens (including phenoxy) is 1. The summed E-state index contributed by atoms with van der Waals surface area (Å²) in [6, 6.07) is -0.766. The monoisotopic (exact) mass is 295 g/mol. The Kier molecular flexibility index (Phi) is 7.27. The van der Waals surface area contributed by atoms with Crippen LogP contribution in [0.4, 0.5) is 4.79 Å². The van der Waals surface area contributed by atoms with Crippen LogP contribution in [0.5, 0.6) is 0 Å². The largest absolute Gasteiger partial charge is 0.444 e. The van der Waals surface area contributed by atoms with Crippen LogP contribution in [0.3, 0.4) is 0 Å². The van der Waals surface area contributed by atoms with Gasteiger partial charge >= 0.3 is 6.09 Å². The first-order valence-electron chi connectivity index (χ1n) is 6.66. The lowest BCUT2D eigenvalue weighted by atomic mass is 10.2. The molecular formula is C15H25N3O3. The lowest BCUT2D eigenvalue weighted by molar-refractivity contribution is -0.122. The Morgan fingerprint density at radius 1 is 1.33 bits per heavy atom. The molecule has 0 aliphatic carbocycles. The summed E-state index contributed by atoms with van der Waals surface area (Å²) in [5.74, 6) is -0.404. The summed E-state index contributed by atoms with van der Waals surface area (Å²) in [5, 5.41) is 5.08. The van der Waals surface area contributed by atoms with Crippen LogP contribution in [0, 0.1) is 0 Å². The van der Waals surface area contributed by atoms with E-state index < -0.39 is 23.6 Å². The molecule has 0 radical (unpaired) electrons. The lowest BCUT2D eigenvalue weighted by Crippen LogP contribution is -2.46. The van der Waals surface area contributed by atoms with Gasteiger partial charge in [-0.15, -0.1) is 0 Å². The van der Waals surface area contributed by atoms with Crippen molar-refractivity contribution in [3.8, 4) is 0 Å². The minimum absolute atomic E-state index is 0.404. The van der Waals surface area contributed by atoms with Gasteiger partial charge in [-0.25, -0.2) is 4.79 Å². The maximum atomic E-state index is 12.0.